The number of carbonyl (C=O) groups excluding carboxylic acids is 1. The van der Waals surface area contributed by atoms with Crippen molar-refractivity contribution < 1.29 is 4.79 Å². The highest BCUT2D eigenvalue weighted by atomic mass is 32.1. The lowest BCUT2D eigenvalue weighted by Gasteiger charge is -2.34. The first-order valence-electron chi connectivity index (χ1n) is 8.36. The van der Waals surface area contributed by atoms with Gasteiger partial charge in [0.2, 0.25) is 0 Å². The quantitative estimate of drug-likeness (QED) is 0.927. The molecule has 1 aliphatic rings. The van der Waals surface area contributed by atoms with Gasteiger partial charge in [-0.1, -0.05) is 17.7 Å². The number of hydrogen-bond acceptors (Lipinski definition) is 4. The van der Waals surface area contributed by atoms with E-state index < -0.39 is 0 Å². The number of rotatable bonds is 4. The van der Waals surface area contributed by atoms with Crippen molar-refractivity contribution >= 4 is 23.1 Å². The number of carbonyl (C=O) groups is 1. The Morgan fingerprint density at radius 2 is 1.88 bits per heavy atom. The van der Waals surface area contributed by atoms with Crippen LogP contribution in [0.2, 0.25) is 0 Å². The number of amides is 2. The molecule has 1 aromatic carbocycles. The molecule has 2 aromatic rings. The van der Waals surface area contributed by atoms with Crippen LogP contribution in [0, 0.1) is 13.8 Å². The van der Waals surface area contributed by atoms with Gasteiger partial charge in [0.1, 0.15) is 0 Å². The minimum atomic E-state index is -0.00590. The Kier molecular flexibility index (Phi) is 5.48. The van der Waals surface area contributed by atoms with Crippen molar-refractivity contribution in [1.82, 2.24) is 14.8 Å². The average Bonchev–Trinajstić information content (AvgIpc) is 3.01. The molecule has 3 rings (SSSR count). The van der Waals surface area contributed by atoms with Crippen LogP contribution in [0.5, 0.6) is 0 Å². The standard InChI is InChI=1S/C18H24N4OS/c1-14-3-5-16(6-4-14)20-18(23)22-11-9-21(10-12-22)8-7-17-13-24-15(2)19-17/h3-6,13H,7-12H2,1-2H3,(H,20,23). The zero-order valence-corrected chi connectivity index (χ0v) is 15.1. The van der Waals surface area contributed by atoms with Gasteiger partial charge >= 0.3 is 6.03 Å². The molecule has 1 aliphatic heterocycles. The minimum Gasteiger partial charge on any atom is -0.322 e. The fraction of sp³-hybridized carbons (Fsp3) is 0.444. The maximum Gasteiger partial charge on any atom is 0.321 e. The first kappa shape index (κ1) is 16.9. The zero-order valence-electron chi connectivity index (χ0n) is 14.3. The molecule has 24 heavy (non-hydrogen) atoms. The molecule has 0 unspecified atom stereocenters. The molecule has 0 aliphatic carbocycles. The van der Waals surface area contributed by atoms with Gasteiger partial charge in [-0.2, -0.15) is 0 Å². The second-order valence-electron chi connectivity index (χ2n) is 6.23. The second-order valence-corrected chi connectivity index (χ2v) is 7.29. The average molecular weight is 344 g/mol. The number of hydrogen-bond donors (Lipinski definition) is 1. The third-order valence-corrected chi connectivity index (χ3v) is 5.14. The lowest BCUT2D eigenvalue weighted by molar-refractivity contribution is 0.148. The monoisotopic (exact) mass is 344 g/mol. The van der Waals surface area contributed by atoms with Crippen LogP contribution in [0.1, 0.15) is 16.3 Å². The summed E-state index contributed by atoms with van der Waals surface area (Å²) < 4.78 is 0. The van der Waals surface area contributed by atoms with Crippen molar-refractivity contribution in [3.8, 4) is 0 Å². The number of urea groups is 1. The first-order valence-corrected chi connectivity index (χ1v) is 9.24. The Morgan fingerprint density at radius 3 is 2.50 bits per heavy atom. The number of nitrogens with zero attached hydrogens (tertiary/aromatic N) is 3. The molecule has 0 radical (unpaired) electrons. The summed E-state index contributed by atoms with van der Waals surface area (Å²) in [7, 11) is 0. The molecule has 128 valence electrons. The molecule has 1 fully saturated rings. The first-order chi connectivity index (χ1) is 11.6. The van der Waals surface area contributed by atoms with Crippen molar-refractivity contribution in [3.05, 3.63) is 45.9 Å². The number of nitrogens with one attached hydrogen (secondary N) is 1. The highest BCUT2D eigenvalue weighted by molar-refractivity contribution is 7.09. The molecule has 0 bridgehead atoms. The van der Waals surface area contributed by atoms with Gasteiger partial charge in [-0.25, -0.2) is 9.78 Å². The van der Waals surface area contributed by atoms with Crippen molar-refractivity contribution in [2.24, 2.45) is 0 Å². The van der Waals surface area contributed by atoms with E-state index in [1.165, 1.54) is 11.3 Å². The largest absolute Gasteiger partial charge is 0.322 e. The fourth-order valence-electron chi connectivity index (χ4n) is 2.81. The van der Waals surface area contributed by atoms with Gasteiger partial charge in [0.15, 0.2) is 0 Å². The van der Waals surface area contributed by atoms with Gasteiger partial charge in [-0.15, -0.1) is 11.3 Å². The Balaban J connectivity index is 1.42. The molecule has 5 nitrogen and oxygen atoms in total. The van der Waals surface area contributed by atoms with Gasteiger partial charge in [0.25, 0.3) is 0 Å². The van der Waals surface area contributed by atoms with E-state index in [0.717, 1.165) is 49.8 Å². The van der Waals surface area contributed by atoms with Crippen LogP contribution < -0.4 is 5.32 Å². The maximum atomic E-state index is 12.3. The number of aryl methyl sites for hydroxylation is 2. The lowest BCUT2D eigenvalue weighted by atomic mass is 10.2. The molecule has 1 N–H and O–H groups in total. The third-order valence-electron chi connectivity index (χ3n) is 4.31. The maximum absolute atomic E-state index is 12.3. The van der Waals surface area contributed by atoms with E-state index in [1.54, 1.807) is 11.3 Å². The van der Waals surface area contributed by atoms with Crippen LogP contribution in [-0.2, 0) is 6.42 Å². The van der Waals surface area contributed by atoms with E-state index in [2.05, 4.69) is 20.6 Å². The number of benzene rings is 1. The number of anilines is 1. The number of piperazine rings is 1. The molecule has 1 saturated heterocycles. The summed E-state index contributed by atoms with van der Waals surface area (Å²) in [5.74, 6) is 0. The lowest BCUT2D eigenvalue weighted by Crippen LogP contribution is -2.50. The summed E-state index contributed by atoms with van der Waals surface area (Å²) in [6, 6.07) is 7.90. The summed E-state index contributed by atoms with van der Waals surface area (Å²) in [6.07, 6.45) is 0.986. The van der Waals surface area contributed by atoms with E-state index in [4.69, 9.17) is 0 Å². The Hall–Kier alpha value is -1.92. The van der Waals surface area contributed by atoms with Gasteiger partial charge in [0, 0.05) is 50.2 Å². The number of aromatic nitrogens is 1. The SMILES string of the molecule is Cc1ccc(NC(=O)N2CCN(CCc3csc(C)n3)CC2)cc1. The highest BCUT2D eigenvalue weighted by Crippen LogP contribution is 2.12. The highest BCUT2D eigenvalue weighted by Gasteiger charge is 2.21. The molecule has 0 atom stereocenters. The predicted molar refractivity (Wildman–Crippen MR) is 98.8 cm³/mol. The Labute approximate surface area is 147 Å². The van der Waals surface area contributed by atoms with Crippen molar-refractivity contribution in [3.63, 3.8) is 0 Å². The van der Waals surface area contributed by atoms with Gasteiger partial charge in [0.05, 0.1) is 10.7 Å². The number of thiazole rings is 1. The predicted octanol–water partition coefficient (Wildman–Crippen LogP) is 3.15. The fourth-order valence-corrected chi connectivity index (χ4v) is 3.46. The van der Waals surface area contributed by atoms with Crippen molar-refractivity contribution in [2.45, 2.75) is 20.3 Å². The van der Waals surface area contributed by atoms with Crippen LogP contribution in [0.4, 0.5) is 10.5 Å². The summed E-state index contributed by atoms with van der Waals surface area (Å²) in [5.41, 5.74) is 3.22. The minimum absolute atomic E-state index is 0.00590. The summed E-state index contributed by atoms with van der Waals surface area (Å²) in [5, 5.41) is 6.24. The second kappa shape index (κ2) is 7.77. The van der Waals surface area contributed by atoms with Crippen molar-refractivity contribution in [2.75, 3.05) is 38.0 Å². The summed E-state index contributed by atoms with van der Waals surface area (Å²) >= 11 is 1.71. The van der Waals surface area contributed by atoms with E-state index in [1.807, 2.05) is 43.0 Å². The van der Waals surface area contributed by atoms with E-state index >= 15 is 0 Å². The van der Waals surface area contributed by atoms with Gasteiger partial charge in [-0.05, 0) is 26.0 Å². The van der Waals surface area contributed by atoms with E-state index in [0.29, 0.717) is 0 Å². The normalized spacial score (nSPS) is 15.5. The van der Waals surface area contributed by atoms with Crippen LogP contribution in [0.3, 0.4) is 0 Å². The Morgan fingerprint density at radius 1 is 1.17 bits per heavy atom. The van der Waals surface area contributed by atoms with Crippen LogP contribution in [-0.4, -0.2) is 53.5 Å². The topological polar surface area (TPSA) is 48.5 Å². The van der Waals surface area contributed by atoms with Crippen LogP contribution >= 0.6 is 11.3 Å². The molecule has 2 heterocycles. The molecule has 0 saturated carbocycles. The molecular formula is C18H24N4OS. The molecule has 0 spiro atoms. The molecule has 6 heteroatoms. The third kappa shape index (κ3) is 4.55. The molecule has 1 aromatic heterocycles. The van der Waals surface area contributed by atoms with Gasteiger partial charge in [-0.3, -0.25) is 4.90 Å². The molecule has 2 amide bonds. The van der Waals surface area contributed by atoms with Gasteiger partial charge < -0.3 is 10.2 Å². The van der Waals surface area contributed by atoms with Crippen LogP contribution in [0.25, 0.3) is 0 Å². The zero-order chi connectivity index (χ0) is 16.9. The summed E-state index contributed by atoms with van der Waals surface area (Å²) in [4.78, 5) is 21.1. The molecular weight excluding hydrogens is 320 g/mol. The van der Waals surface area contributed by atoms with E-state index in [-0.39, 0.29) is 6.03 Å². The summed E-state index contributed by atoms with van der Waals surface area (Å²) in [6.45, 7) is 8.48. The van der Waals surface area contributed by atoms with E-state index in [9.17, 15) is 4.79 Å². The van der Waals surface area contributed by atoms with Crippen molar-refractivity contribution in [1.29, 1.82) is 0 Å². The van der Waals surface area contributed by atoms with Crippen LogP contribution in [0.15, 0.2) is 29.6 Å². The Bertz CT molecular complexity index is 675. The smallest absolute Gasteiger partial charge is 0.321 e.